The van der Waals surface area contributed by atoms with Crippen LogP contribution >= 0.6 is 0 Å². The van der Waals surface area contributed by atoms with Gasteiger partial charge in [-0.25, -0.2) is 0 Å². The van der Waals surface area contributed by atoms with Crippen molar-refractivity contribution >= 4 is 17.4 Å². The summed E-state index contributed by atoms with van der Waals surface area (Å²) in [6.45, 7) is 3.20. The minimum atomic E-state index is -0.661. The number of amides is 1. The molecule has 1 aliphatic heterocycles. The van der Waals surface area contributed by atoms with Crippen molar-refractivity contribution in [2.75, 3.05) is 34.3 Å². The number of carbonyl (C=O) groups is 2. The van der Waals surface area contributed by atoms with Gasteiger partial charge in [0.1, 0.15) is 11.5 Å². The first-order valence-corrected chi connectivity index (χ1v) is 9.97. The van der Waals surface area contributed by atoms with E-state index in [1.54, 1.807) is 29.2 Å². The number of rotatable bonds is 7. The number of nitrogens with zero attached hydrogens (tertiary/aromatic N) is 2. The Bertz CT molecular complexity index is 963. The largest absolute Gasteiger partial charge is 0.507 e. The number of aliphatic hydroxyl groups is 1. The Hall–Kier alpha value is -3.12. The summed E-state index contributed by atoms with van der Waals surface area (Å²) < 4.78 is 5.24. The lowest BCUT2D eigenvalue weighted by atomic mass is 9.94. The number of ketones is 1. The van der Waals surface area contributed by atoms with E-state index in [0.29, 0.717) is 17.9 Å². The van der Waals surface area contributed by atoms with Crippen LogP contribution in [0, 0.1) is 6.92 Å². The monoisotopic (exact) mass is 408 g/mol. The van der Waals surface area contributed by atoms with Gasteiger partial charge in [-0.2, -0.15) is 0 Å². The van der Waals surface area contributed by atoms with Crippen LogP contribution in [0.3, 0.4) is 0 Å². The Morgan fingerprint density at radius 2 is 1.83 bits per heavy atom. The van der Waals surface area contributed by atoms with Crippen LogP contribution in [0.15, 0.2) is 54.1 Å². The Kier molecular flexibility index (Phi) is 6.57. The summed E-state index contributed by atoms with van der Waals surface area (Å²) in [7, 11) is 5.47. The summed E-state index contributed by atoms with van der Waals surface area (Å²) in [5.74, 6) is -0.867. The van der Waals surface area contributed by atoms with Gasteiger partial charge in [0.05, 0.1) is 18.7 Å². The van der Waals surface area contributed by atoms with E-state index < -0.39 is 17.7 Å². The molecule has 0 saturated carbocycles. The van der Waals surface area contributed by atoms with Gasteiger partial charge in [0.25, 0.3) is 11.7 Å². The molecule has 1 heterocycles. The highest BCUT2D eigenvalue weighted by atomic mass is 16.5. The number of methoxy groups -OCH3 is 1. The summed E-state index contributed by atoms with van der Waals surface area (Å²) in [4.78, 5) is 29.5. The van der Waals surface area contributed by atoms with Crippen molar-refractivity contribution in [3.05, 3.63) is 70.8 Å². The number of aliphatic hydroxyl groups excluding tert-OH is 1. The number of hydrogen-bond acceptors (Lipinski definition) is 5. The van der Waals surface area contributed by atoms with Crippen molar-refractivity contribution in [1.82, 2.24) is 9.80 Å². The topological polar surface area (TPSA) is 70.1 Å². The fourth-order valence-corrected chi connectivity index (χ4v) is 3.69. The van der Waals surface area contributed by atoms with Crippen molar-refractivity contribution in [2.45, 2.75) is 19.4 Å². The molecule has 0 aliphatic carbocycles. The fourth-order valence-electron chi connectivity index (χ4n) is 3.69. The van der Waals surface area contributed by atoms with Crippen LogP contribution in [0.4, 0.5) is 0 Å². The third kappa shape index (κ3) is 4.39. The smallest absolute Gasteiger partial charge is 0.295 e. The molecule has 1 N–H and O–H groups in total. The quantitative estimate of drug-likeness (QED) is 0.432. The van der Waals surface area contributed by atoms with Crippen LogP contribution in [0.5, 0.6) is 5.75 Å². The molecule has 3 rings (SSSR count). The number of benzene rings is 2. The Morgan fingerprint density at radius 1 is 1.13 bits per heavy atom. The molecule has 1 atom stereocenters. The molecule has 0 bridgehead atoms. The van der Waals surface area contributed by atoms with Crippen LogP contribution in [0.25, 0.3) is 5.76 Å². The average molecular weight is 408 g/mol. The van der Waals surface area contributed by atoms with Crippen LogP contribution in [-0.4, -0.2) is 60.9 Å². The SMILES string of the molecule is COc1cccc(/C(O)=C2\C(=O)C(=O)N(CCCN(C)C)[C@H]2c2ccc(C)cc2)c1. The molecule has 1 aliphatic rings. The molecule has 30 heavy (non-hydrogen) atoms. The first-order valence-electron chi connectivity index (χ1n) is 9.97. The van der Waals surface area contributed by atoms with E-state index in [1.165, 1.54) is 7.11 Å². The first kappa shape index (κ1) is 21.6. The summed E-state index contributed by atoms with van der Waals surface area (Å²) in [6.07, 6.45) is 0.724. The molecular weight excluding hydrogens is 380 g/mol. The maximum Gasteiger partial charge on any atom is 0.295 e. The van der Waals surface area contributed by atoms with Crippen LogP contribution in [0.2, 0.25) is 0 Å². The molecule has 1 amide bonds. The van der Waals surface area contributed by atoms with E-state index >= 15 is 0 Å². The van der Waals surface area contributed by atoms with Gasteiger partial charge >= 0.3 is 0 Å². The van der Waals surface area contributed by atoms with Crippen molar-refractivity contribution in [1.29, 1.82) is 0 Å². The second kappa shape index (κ2) is 9.13. The third-order valence-electron chi connectivity index (χ3n) is 5.28. The number of ether oxygens (including phenoxy) is 1. The summed E-state index contributed by atoms with van der Waals surface area (Å²) in [6, 6.07) is 13.9. The standard InChI is InChI=1S/C24H28N2O4/c1-16-9-11-17(12-10-16)21-20(22(27)18-7-5-8-19(15-18)30-4)23(28)24(29)26(21)14-6-13-25(2)3/h5,7-12,15,21,27H,6,13-14H2,1-4H3/b22-20+/t21-/m0/s1. The normalized spacial score (nSPS) is 18.3. The van der Waals surface area contributed by atoms with Crippen LogP contribution < -0.4 is 4.74 Å². The van der Waals surface area contributed by atoms with Crippen molar-refractivity contribution in [3.8, 4) is 5.75 Å². The van der Waals surface area contributed by atoms with E-state index in [-0.39, 0.29) is 11.3 Å². The number of likely N-dealkylation sites (tertiary alicyclic amines) is 1. The zero-order valence-electron chi connectivity index (χ0n) is 17.9. The van der Waals surface area contributed by atoms with Gasteiger partial charge in [0.2, 0.25) is 0 Å². The van der Waals surface area contributed by atoms with Gasteiger partial charge < -0.3 is 19.6 Å². The fraction of sp³-hybridized carbons (Fsp3) is 0.333. The Labute approximate surface area is 177 Å². The zero-order chi connectivity index (χ0) is 21.8. The van der Waals surface area contributed by atoms with Crippen molar-refractivity contribution in [3.63, 3.8) is 0 Å². The average Bonchev–Trinajstić information content (AvgIpc) is 2.98. The molecule has 6 heteroatoms. The van der Waals surface area contributed by atoms with Gasteiger partial charge in [-0.1, -0.05) is 42.0 Å². The zero-order valence-corrected chi connectivity index (χ0v) is 17.9. The summed E-state index contributed by atoms with van der Waals surface area (Å²) in [5, 5.41) is 11.1. The van der Waals surface area contributed by atoms with E-state index in [9.17, 15) is 14.7 Å². The molecule has 6 nitrogen and oxygen atoms in total. The van der Waals surface area contributed by atoms with E-state index in [4.69, 9.17) is 4.74 Å². The van der Waals surface area contributed by atoms with Gasteiger partial charge in [0.15, 0.2) is 0 Å². The highest BCUT2D eigenvalue weighted by molar-refractivity contribution is 6.46. The molecular formula is C24H28N2O4. The van der Waals surface area contributed by atoms with Crippen molar-refractivity contribution in [2.24, 2.45) is 0 Å². The Balaban J connectivity index is 2.09. The number of aryl methyl sites for hydroxylation is 1. The predicted molar refractivity (Wildman–Crippen MR) is 116 cm³/mol. The highest BCUT2D eigenvalue weighted by Crippen LogP contribution is 2.39. The number of hydrogen-bond donors (Lipinski definition) is 1. The second-order valence-corrected chi connectivity index (χ2v) is 7.79. The second-order valence-electron chi connectivity index (χ2n) is 7.79. The lowest BCUT2D eigenvalue weighted by Gasteiger charge is -2.26. The van der Waals surface area contributed by atoms with Gasteiger partial charge in [-0.15, -0.1) is 0 Å². The molecule has 0 unspecified atom stereocenters. The molecule has 0 aromatic heterocycles. The molecule has 0 radical (unpaired) electrons. The summed E-state index contributed by atoms with van der Waals surface area (Å²) >= 11 is 0. The maximum absolute atomic E-state index is 13.0. The molecule has 2 aromatic rings. The van der Waals surface area contributed by atoms with Gasteiger partial charge in [-0.3, -0.25) is 9.59 Å². The minimum Gasteiger partial charge on any atom is -0.507 e. The van der Waals surface area contributed by atoms with Gasteiger partial charge in [0, 0.05) is 12.1 Å². The summed E-state index contributed by atoms with van der Waals surface area (Å²) in [5.41, 5.74) is 2.44. The first-order chi connectivity index (χ1) is 14.3. The molecule has 0 spiro atoms. The maximum atomic E-state index is 13.0. The van der Waals surface area contributed by atoms with E-state index in [1.807, 2.05) is 50.2 Å². The minimum absolute atomic E-state index is 0.113. The molecule has 1 fully saturated rings. The molecule has 1 saturated heterocycles. The highest BCUT2D eigenvalue weighted by Gasteiger charge is 2.45. The Morgan fingerprint density at radius 3 is 2.47 bits per heavy atom. The molecule has 158 valence electrons. The van der Waals surface area contributed by atoms with E-state index in [0.717, 1.165) is 24.1 Å². The van der Waals surface area contributed by atoms with Crippen LogP contribution in [0.1, 0.15) is 29.2 Å². The van der Waals surface area contributed by atoms with Gasteiger partial charge in [-0.05, 0) is 51.7 Å². The lowest BCUT2D eigenvalue weighted by Crippen LogP contribution is -2.32. The van der Waals surface area contributed by atoms with Crippen LogP contribution in [-0.2, 0) is 9.59 Å². The van der Waals surface area contributed by atoms with E-state index in [2.05, 4.69) is 0 Å². The predicted octanol–water partition coefficient (Wildman–Crippen LogP) is 3.38. The number of carbonyl (C=O) groups excluding carboxylic acids is 2. The third-order valence-corrected chi connectivity index (χ3v) is 5.28. The number of Topliss-reactive ketones (excluding diaryl/α,β-unsaturated/α-hetero) is 1. The lowest BCUT2D eigenvalue weighted by molar-refractivity contribution is -0.139. The molecule has 2 aromatic carbocycles. The van der Waals surface area contributed by atoms with Crippen molar-refractivity contribution < 1.29 is 19.4 Å².